The average molecular weight is 402 g/mol. The zero-order valence-corrected chi connectivity index (χ0v) is 17.4. The number of hydrogen-bond donors (Lipinski definition) is 1. The molecule has 1 aromatic rings. The van der Waals surface area contributed by atoms with Crippen molar-refractivity contribution < 1.29 is 4.79 Å². The highest BCUT2D eigenvalue weighted by Crippen LogP contribution is 2.37. The van der Waals surface area contributed by atoms with Crippen LogP contribution in [-0.2, 0) is 11.3 Å². The Labute approximate surface area is 170 Å². The number of benzene rings is 1. The van der Waals surface area contributed by atoms with Gasteiger partial charge in [0.15, 0.2) is 0 Å². The Morgan fingerprint density at radius 1 is 1.12 bits per heavy atom. The van der Waals surface area contributed by atoms with Crippen LogP contribution < -0.4 is 5.73 Å². The van der Waals surface area contributed by atoms with Crippen LogP contribution >= 0.6 is 24.8 Å². The summed E-state index contributed by atoms with van der Waals surface area (Å²) >= 11 is 0. The van der Waals surface area contributed by atoms with Gasteiger partial charge in [0.25, 0.3) is 0 Å². The van der Waals surface area contributed by atoms with Crippen molar-refractivity contribution in [2.24, 2.45) is 5.73 Å². The summed E-state index contributed by atoms with van der Waals surface area (Å²) in [6.07, 6.45) is 6.77. The molecule has 1 atom stereocenters. The fourth-order valence-electron chi connectivity index (χ4n) is 4.37. The van der Waals surface area contributed by atoms with E-state index < -0.39 is 0 Å². The van der Waals surface area contributed by atoms with Crippen molar-refractivity contribution in [3.63, 3.8) is 0 Å². The number of piperazine rings is 1. The van der Waals surface area contributed by atoms with Gasteiger partial charge in [0.2, 0.25) is 5.91 Å². The van der Waals surface area contributed by atoms with Gasteiger partial charge in [-0.25, -0.2) is 0 Å². The third-order valence-electron chi connectivity index (χ3n) is 5.65. The highest BCUT2D eigenvalue weighted by Gasteiger charge is 2.43. The molecule has 1 aliphatic heterocycles. The normalized spacial score (nSPS) is 20.8. The Morgan fingerprint density at radius 2 is 1.77 bits per heavy atom. The van der Waals surface area contributed by atoms with E-state index in [1.54, 1.807) is 0 Å². The maximum absolute atomic E-state index is 12.5. The van der Waals surface area contributed by atoms with E-state index in [1.165, 1.54) is 37.7 Å². The Morgan fingerprint density at radius 3 is 2.38 bits per heavy atom. The van der Waals surface area contributed by atoms with Crippen LogP contribution in [0, 0.1) is 0 Å². The van der Waals surface area contributed by atoms with Gasteiger partial charge in [0.1, 0.15) is 0 Å². The number of nitrogens with two attached hydrogens (primary N) is 1. The van der Waals surface area contributed by atoms with Gasteiger partial charge in [-0.3, -0.25) is 9.69 Å². The minimum absolute atomic E-state index is 0. The van der Waals surface area contributed by atoms with Gasteiger partial charge in [-0.05, 0) is 25.3 Å². The van der Waals surface area contributed by atoms with Crippen LogP contribution in [0.4, 0.5) is 0 Å². The molecular weight excluding hydrogens is 369 g/mol. The summed E-state index contributed by atoms with van der Waals surface area (Å²) in [5, 5.41) is 0. The summed E-state index contributed by atoms with van der Waals surface area (Å²) in [5.41, 5.74) is 7.38. The lowest BCUT2D eigenvalue weighted by molar-refractivity contribution is -0.139. The van der Waals surface area contributed by atoms with Crippen LogP contribution in [0.15, 0.2) is 30.3 Å². The molecule has 1 amide bonds. The van der Waals surface area contributed by atoms with E-state index in [4.69, 9.17) is 5.73 Å². The van der Waals surface area contributed by atoms with E-state index in [-0.39, 0.29) is 42.3 Å². The van der Waals surface area contributed by atoms with Gasteiger partial charge >= 0.3 is 0 Å². The van der Waals surface area contributed by atoms with Crippen molar-refractivity contribution in [1.29, 1.82) is 0 Å². The minimum atomic E-state index is -0.0536. The maximum atomic E-state index is 12.5. The summed E-state index contributed by atoms with van der Waals surface area (Å²) in [6, 6.07) is 10.7. The van der Waals surface area contributed by atoms with E-state index in [0.717, 1.165) is 26.2 Å². The maximum Gasteiger partial charge on any atom is 0.224 e. The summed E-state index contributed by atoms with van der Waals surface area (Å²) in [6.45, 7) is 5.60. The molecule has 26 heavy (non-hydrogen) atoms. The molecule has 3 rings (SSSR count). The van der Waals surface area contributed by atoms with Crippen LogP contribution in [0.25, 0.3) is 0 Å². The number of amides is 1. The Hall–Kier alpha value is -0.810. The van der Waals surface area contributed by atoms with E-state index in [1.807, 2.05) is 6.92 Å². The van der Waals surface area contributed by atoms with Crippen LogP contribution in [0.1, 0.15) is 51.0 Å². The van der Waals surface area contributed by atoms with Crippen molar-refractivity contribution in [3.8, 4) is 0 Å². The molecule has 0 radical (unpaired) electrons. The Kier molecular flexibility index (Phi) is 9.39. The second-order valence-corrected chi connectivity index (χ2v) is 7.69. The van der Waals surface area contributed by atoms with Crippen LogP contribution in [0.2, 0.25) is 0 Å². The average Bonchev–Trinajstić information content (AvgIpc) is 2.58. The van der Waals surface area contributed by atoms with E-state index in [0.29, 0.717) is 6.42 Å². The van der Waals surface area contributed by atoms with E-state index in [9.17, 15) is 4.79 Å². The van der Waals surface area contributed by atoms with Gasteiger partial charge in [-0.1, -0.05) is 49.6 Å². The zero-order valence-electron chi connectivity index (χ0n) is 15.7. The van der Waals surface area contributed by atoms with Crippen molar-refractivity contribution in [2.45, 2.75) is 63.6 Å². The van der Waals surface area contributed by atoms with Crippen LogP contribution in [0.5, 0.6) is 0 Å². The number of nitrogens with zero attached hydrogens (tertiary/aromatic N) is 2. The largest absolute Gasteiger partial charge is 0.340 e. The summed E-state index contributed by atoms with van der Waals surface area (Å²) in [4.78, 5) is 17.3. The summed E-state index contributed by atoms with van der Waals surface area (Å²) in [7, 11) is 0. The van der Waals surface area contributed by atoms with Gasteiger partial charge in [0.05, 0.1) is 0 Å². The number of carbonyl (C=O) groups excluding carboxylic acids is 1. The molecule has 4 nitrogen and oxygen atoms in total. The predicted octanol–water partition coefficient (Wildman–Crippen LogP) is 3.61. The van der Waals surface area contributed by atoms with Gasteiger partial charge in [-0.15, -0.1) is 24.8 Å². The second-order valence-electron chi connectivity index (χ2n) is 7.69. The third kappa shape index (κ3) is 5.59. The lowest BCUT2D eigenvalue weighted by Crippen LogP contribution is -2.63. The summed E-state index contributed by atoms with van der Waals surface area (Å²) < 4.78 is 0. The molecule has 0 bridgehead atoms. The molecule has 6 heteroatoms. The van der Waals surface area contributed by atoms with E-state index in [2.05, 4.69) is 40.1 Å². The molecule has 2 aliphatic rings. The number of carbonyl (C=O) groups is 1. The van der Waals surface area contributed by atoms with Crippen molar-refractivity contribution >= 4 is 30.7 Å². The SMILES string of the molecule is CC(N)CC(=O)N1CCN(Cc2ccccc2)C2(CCCCC2)C1.Cl.Cl. The highest BCUT2D eigenvalue weighted by atomic mass is 35.5. The highest BCUT2D eigenvalue weighted by molar-refractivity contribution is 5.85. The quantitative estimate of drug-likeness (QED) is 0.837. The smallest absolute Gasteiger partial charge is 0.224 e. The lowest BCUT2D eigenvalue weighted by Gasteiger charge is -2.53. The van der Waals surface area contributed by atoms with Gasteiger partial charge in [-0.2, -0.15) is 0 Å². The van der Waals surface area contributed by atoms with E-state index >= 15 is 0 Å². The van der Waals surface area contributed by atoms with Crippen molar-refractivity contribution in [1.82, 2.24) is 9.80 Å². The van der Waals surface area contributed by atoms with Crippen LogP contribution in [0.3, 0.4) is 0 Å². The standard InChI is InChI=1S/C20H31N3O.2ClH/c1-17(21)14-19(24)22-12-13-23(15-18-8-4-2-5-9-18)20(16-22)10-6-3-7-11-20;;/h2,4-5,8-9,17H,3,6-7,10-16,21H2,1H3;2*1H. The molecule has 1 aromatic carbocycles. The molecule has 2 fully saturated rings. The Bertz CT molecular complexity index is 547. The van der Waals surface area contributed by atoms with Gasteiger partial charge < -0.3 is 10.6 Å². The Balaban J connectivity index is 0.00000169. The third-order valence-corrected chi connectivity index (χ3v) is 5.65. The first-order chi connectivity index (χ1) is 11.6. The molecule has 148 valence electrons. The molecule has 0 aromatic heterocycles. The fourth-order valence-corrected chi connectivity index (χ4v) is 4.37. The van der Waals surface area contributed by atoms with Crippen LogP contribution in [-0.4, -0.2) is 46.9 Å². The van der Waals surface area contributed by atoms with Gasteiger partial charge in [0, 0.05) is 44.2 Å². The minimum Gasteiger partial charge on any atom is -0.340 e. The molecule has 1 saturated carbocycles. The fraction of sp³-hybridized carbons (Fsp3) is 0.650. The molecular formula is C20H33Cl2N3O. The molecule has 1 saturated heterocycles. The second kappa shape index (κ2) is 10.5. The first kappa shape index (κ1) is 23.2. The molecule has 1 spiro atoms. The topological polar surface area (TPSA) is 49.6 Å². The van der Waals surface area contributed by atoms with Crippen molar-refractivity contribution in [3.05, 3.63) is 35.9 Å². The summed E-state index contributed by atoms with van der Waals surface area (Å²) in [5.74, 6) is 0.231. The van der Waals surface area contributed by atoms with Crippen molar-refractivity contribution in [2.75, 3.05) is 19.6 Å². The number of halogens is 2. The molecule has 1 aliphatic carbocycles. The number of rotatable bonds is 4. The number of hydrogen-bond acceptors (Lipinski definition) is 3. The molecule has 1 heterocycles. The first-order valence-corrected chi connectivity index (χ1v) is 9.41. The monoisotopic (exact) mass is 401 g/mol. The first-order valence-electron chi connectivity index (χ1n) is 9.41. The molecule has 1 unspecified atom stereocenters. The zero-order chi connectivity index (χ0) is 17.0. The molecule has 2 N–H and O–H groups in total. The lowest BCUT2D eigenvalue weighted by atomic mass is 9.78. The predicted molar refractivity (Wildman–Crippen MR) is 112 cm³/mol.